The van der Waals surface area contributed by atoms with E-state index in [0.717, 1.165) is 83.5 Å². The summed E-state index contributed by atoms with van der Waals surface area (Å²) in [7, 11) is -2.55. The lowest BCUT2D eigenvalue weighted by Crippen LogP contribution is -2.66. The highest BCUT2D eigenvalue weighted by Gasteiger charge is 2.58. The van der Waals surface area contributed by atoms with Gasteiger partial charge in [-0.15, -0.1) is 0 Å². The Morgan fingerprint density at radius 2 is 1.50 bits per heavy atom. The van der Waals surface area contributed by atoms with Gasteiger partial charge in [0.25, 0.3) is 5.91 Å². The number of nitrogens with zero attached hydrogens (tertiary/aromatic N) is 1. The van der Waals surface area contributed by atoms with Crippen LogP contribution < -0.4 is 21.7 Å². The van der Waals surface area contributed by atoms with Gasteiger partial charge in [0.2, 0.25) is 11.7 Å². The van der Waals surface area contributed by atoms with E-state index in [1.807, 2.05) is 25.7 Å². The molecule has 7 atom stereocenters. The van der Waals surface area contributed by atoms with Crippen LogP contribution in [-0.2, 0) is 23.9 Å². The number of primary amides is 1. The summed E-state index contributed by atoms with van der Waals surface area (Å²) in [6.07, 6.45) is 12.9. The van der Waals surface area contributed by atoms with Crippen LogP contribution in [0.15, 0.2) is 0 Å². The normalized spacial score (nSPS) is 30.1. The Labute approximate surface area is 313 Å². The fourth-order valence-electron chi connectivity index (χ4n) is 10.3. The molecule has 0 spiro atoms. The summed E-state index contributed by atoms with van der Waals surface area (Å²) in [4.78, 5) is 55.7. The Bertz CT molecular complexity index is 1440. The number of carbonyl (C=O) groups excluding carboxylic acids is 4. The number of nitrogens with two attached hydrogens (primary N) is 1. The third-order valence-corrected chi connectivity index (χ3v) is 17.5. The van der Waals surface area contributed by atoms with E-state index in [1.54, 1.807) is 0 Å². The zero-order valence-corrected chi connectivity index (χ0v) is 33.7. The molecule has 12 heteroatoms. The van der Waals surface area contributed by atoms with Gasteiger partial charge in [-0.1, -0.05) is 78.6 Å². The first-order valence-corrected chi connectivity index (χ1v) is 22.1. The van der Waals surface area contributed by atoms with E-state index in [2.05, 4.69) is 42.6 Å². The van der Waals surface area contributed by atoms with Crippen molar-refractivity contribution in [1.82, 2.24) is 20.9 Å². The predicted octanol–water partition coefficient (Wildman–Crippen LogP) is 4.63. The van der Waals surface area contributed by atoms with Crippen molar-refractivity contribution in [1.29, 1.82) is 0 Å². The molecule has 52 heavy (non-hydrogen) atoms. The molecule has 0 bridgehead atoms. The molecule has 3 unspecified atom stereocenters. The van der Waals surface area contributed by atoms with Crippen molar-refractivity contribution >= 4 is 39.0 Å². The number of hydrogen-bond acceptors (Lipinski definition) is 7. The number of carbonyl (C=O) groups is 4. The minimum absolute atomic E-state index is 0.0561. The number of Topliss-reactive ketones (excluding diaryl/α,β-unsaturated/α-hetero) is 1. The second kappa shape index (κ2) is 15.5. The number of ketones is 1. The summed E-state index contributed by atoms with van der Waals surface area (Å²) < 4.78 is 13.4. The molecule has 11 nitrogen and oxygen atoms in total. The van der Waals surface area contributed by atoms with Crippen molar-refractivity contribution in [3.05, 3.63) is 0 Å². The number of urea groups is 1. The molecule has 0 aromatic carbocycles. The Balaban J connectivity index is 1.44. The van der Waals surface area contributed by atoms with Gasteiger partial charge < -0.3 is 26.8 Å². The summed E-state index contributed by atoms with van der Waals surface area (Å²) in [5.74, 6) is 2.57. The van der Waals surface area contributed by atoms with Gasteiger partial charge in [-0.25, -0.2) is 4.79 Å². The van der Waals surface area contributed by atoms with Gasteiger partial charge in [0.15, 0.2) is 0 Å². The molecular formula is C40H69N5O6S. The van der Waals surface area contributed by atoms with Gasteiger partial charge in [-0.2, -0.15) is 0 Å². The number of aliphatic hydroxyl groups excluding tert-OH is 1. The SMILES string of the molecule is C=S(=O)(CC1(NC(=O)N[C@H](C(O)N2C[C@H]3[C@H](CCC3(C)C)[C@H]2C(=O)NC(CC2CCC2)C(=O)C(N)=O)C2(C)CCCCC2)CCCCC1)C(C)(C)C. The average molecular weight is 748 g/mol. The fraction of sp³-hybridized carbons (Fsp3) is 0.875. The Kier molecular flexibility index (Phi) is 12.2. The monoisotopic (exact) mass is 747 g/mol. The van der Waals surface area contributed by atoms with Gasteiger partial charge in [-0.3, -0.25) is 23.5 Å². The molecule has 0 radical (unpaired) electrons. The Morgan fingerprint density at radius 1 is 0.904 bits per heavy atom. The number of rotatable bonds is 13. The molecule has 4 amide bonds. The highest BCUT2D eigenvalue weighted by Crippen LogP contribution is 2.54. The first-order valence-electron chi connectivity index (χ1n) is 20.2. The van der Waals surface area contributed by atoms with E-state index in [-0.39, 0.29) is 29.1 Å². The molecule has 296 valence electrons. The van der Waals surface area contributed by atoms with Crippen LogP contribution in [0.5, 0.6) is 0 Å². The van der Waals surface area contributed by atoms with Crippen LogP contribution in [0, 0.1) is 28.6 Å². The average Bonchev–Trinajstić information content (AvgIpc) is 3.57. The number of hydrogen-bond donors (Lipinski definition) is 5. The van der Waals surface area contributed by atoms with Crippen LogP contribution in [0.25, 0.3) is 0 Å². The van der Waals surface area contributed by atoms with Crippen LogP contribution in [0.4, 0.5) is 4.79 Å². The van der Waals surface area contributed by atoms with Gasteiger partial charge in [-0.05, 0) is 110 Å². The maximum atomic E-state index is 14.5. The standard InChI is InChI=1S/C40H69N5O6S/c1-37(2,3)52(7,51)25-40(20-12-9-13-21-40)44-36(50)43-32(39(6)18-10-8-11-19-39)35(49)45-24-28-27(17-22-38(28,4)5)30(45)34(48)42-29(31(46)33(41)47)23-26-15-14-16-26/h26-30,32,35,49H,7-25H2,1-6H3,(H2,41,47)(H,42,48)(H2,43,44,50)/t27-,28-,29?,30-,32+,35?,52?/m0/s1. The maximum Gasteiger partial charge on any atom is 0.315 e. The lowest BCUT2D eigenvalue weighted by Gasteiger charge is -2.47. The Morgan fingerprint density at radius 3 is 2.04 bits per heavy atom. The number of nitrogens with one attached hydrogen (secondary N) is 3. The molecule has 5 rings (SSSR count). The zero-order chi connectivity index (χ0) is 38.3. The highest BCUT2D eigenvalue weighted by molar-refractivity contribution is 8.01. The molecule has 4 saturated carbocycles. The summed E-state index contributed by atoms with van der Waals surface area (Å²) >= 11 is 0. The van der Waals surface area contributed by atoms with Gasteiger partial charge >= 0.3 is 6.03 Å². The molecule has 4 aliphatic carbocycles. The van der Waals surface area contributed by atoms with E-state index < -0.39 is 67.3 Å². The molecule has 6 N–H and O–H groups in total. The van der Waals surface area contributed by atoms with Crippen molar-refractivity contribution < 1.29 is 28.5 Å². The molecule has 1 heterocycles. The minimum Gasteiger partial charge on any atom is -0.376 e. The van der Waals surface area contributed by atoms with E-state index >= 15 is 0 Å². The fourth-order valence-corrected chi connectivity index (χ4v) is 12.0. The number of amides is 4. The van der Waals surface area contributed by atoms with Crippen molar-refractivity contribution in [2.75, 3.05) is 12.3 Å². The maximum absolute atomic E-state index is 14.5. The van der Waals surface area contributed by atoms with E-state index in [0.29, 0.717) is 31.6 Å². The third-order valence-electron chi connectivity index (χ3n) is 14.2. The first kappa shape index (κ1) is 41.0. The van der Waals surface area contributed by atoms with Crippen molar-refractivity contribution in [2.24, 2.45) is 34.3 Å². The molecule has 5 fully saturated rings. The minimum atomic E-state index is -2.55. The summed E-state index contributed by atoms with van der Waals surface area (Å²) in [5, 5.41) is 22.1. The van der Waals surface area contributed by atoms with E-state index in [9.17, 15) is 28.5 Å². The molecule has 0 aromatic heterocycles. The molecule has 1 saturated heterocycles. The second-order valence-electron chi connectivity index (χ2n) is 19.4. The van der Waals surface area contributed by atoms with Crippen LogP contribution in [-0.4, -0.2) is 90.7 Å². The molecule has 1 aliphatic heterocycles. The van der Waals surface area contributed by atoms with Crippen LogP contribution >= 0.6 is 0 Å². The van der Waals surface area contributed by atoms with Crippen LogP contribution in [0.3, 0.4) is 0 Å². The summed E-state index contributed by atoms with van der Waals surface area (Å²) in [6.45, 7) is 12.9. The quantitative estimate of drug-likeness (QED) is 0.135. The summed E-state index contributed by atoms with van der Waals surface area (Å²) in [6, 6.07) is -2.83. The topological polar surface area (TPSA) is 171 Å². The van der Waals surface area contributed by atoms with E-state index in [1.165, 1.54) is 0 Å². The van der Waals surface area contributed by atoms with Gasteiger partial charge in [0.05, 0.1) is 23.7 Å². The second-order valence-corrected chi connectivity index (χ2v) is 22.5. The zero-order valence-electron chi connectivity index (χ0n) is 32.9. The molecule has 5 aliphatic rings. The third kappa shape index (κ3) is 8.69. The predicted molar refractivity (Wildman–Crippen MR) is 207 cm³/mol. The summed E-state index contributed by atoms with van der Waals surface area (Å²) in [5.41, 5.74) is 4.28. The lowest BCUT2D eigenvalue weighted by atomic mass is 9.69. The first-order chi connectivity index (χ1) is 24.2. The molecule has 0 aromatic rings. The van der Waals surface area contributed by atoms with Crippen LogP contribution in [0.2, 0.25) is 0 Å². The smallest absolute Gasteiger partial charge is 0.315 e. The Hall–Kier alpha value is -2.18. The number of likely N-dealkylation sites (tertiary alicyclic amines) is 1. The van der Waals surface area contributed by atoms with Crippen molar-refractivity contribution in [3.8, 4) is 0 Å². The number of aliphatic hydroxyl groups is 1. The highest BCUT2D eigenvalue weighted by atomic mass is 32.2. The van der Waals surface area contributed by atoms with Crippen molar-refractivity contribution in [3.63, 3.8) is 0 Å². The lowest BCUT2D eigenvalue weighted by molar-refractivity contribution is -0.141. The number of fused-ring (bicyclic) bond motifs is 1. The largest absolute Gasteiger partial charge is 0.376 e. The van der Waals surface area contributed by atoms with Crippen molar-refractivity contribution in [2.45, 2.75) is 179 Å². The van der Waals surface area contributed by atoms with Gasteiger partial charge in [0, 0.05) is 17.0 Å². The van der Waals surface area contributed by atoms with Gasteiger partial charge in [0.1, 0.15) is 6.23 Å². The molecular weight excluding hydrogens is 679 g/mol. The van der Waals surface area contributed by atoms with E-state index in [4.69, 9.17) is 5.73 Å². The van der Waals surface area contributed by atoms with Crippen LogP contribution in [0.1, 0.15) is 144 Å².